The van der Waals surface area contributed by atoms with Crippen molar-refractivity contribution in [3.8, 4) is 5.69 Å². The van der Waals surface area contributed by atoms with E-state index in [1.165, 1.54) is 11.6 Å². The fourth-order valence-electron chi connectivity index (χ4n) is 2.68. The number of rotatable bonds is 7. The summed E-state index contributed by atoms with van der Waals surface area (Å²) in [6.45, 7) is 9.03. The smallest absolute Gasteiger partial charge is 0.352 e. The van der Waals surface area contributed by atoms with E-state index in [0.717, 1.165) is 11.0 Å². The van der Waals surface area contributed by atoms with Gasteiger partial charge in [0.15, 0.2) is 0 Å². The topological polar surface area (TPSA) is 86.1 Å². The standard InChI is InChI=1S/C18H23N3O4/c1-5-9-16(25-14(4)22)12(2)13(3)21-18(24)20(17(23)19-21)15-10-7-6-8-11-15/h6-8,10-11,13,16H,2,5,9H2,1,3-4H3,(H,19,23)/t13-,16+/m1/s1. The van der Waals surface area contributed by atoms with E-state index in [4.69, 9.17) is 4.74 Å². The molecule has 2 atom stereocenters. The van der Waals surface area contributed by atoms with Crippen LogP contribution in [0.1, 0.15) is 39.7 Å². The number of nitrogens with one attached hydrogen (secondary N) is 1. The van der Waals surface area contributed by atoms with Gasteiger partial charge in [-0.05, 0) is 31.1 Å². The normalized spacial score (nSPS) is 13.2. The first-order valence-corrected chi connectivity index (χ1v) is 8.21. The number of carbonyl (C=O) groups excluding carboxylic acids is 1. The molecule has 0 aliphatic rings. The van der Waals surface area contributed by atoms with Gasteiger partial charge in [-0.1, -0.05) is 38.1 Å². The highest BCUT2D eigenvalue weighted by atomic mass is 16.5. The van der Waals surface area contributed by atoms with E-state index in [9.17, 15) is 14.4 Å². The lowest BCUT2D eigenvalue weighted by atomic mass is 10.0. The monoisotopic (exact) mass is 345 g/mol. The quantitative estimate of drug-likeness (QED) is 0.615. The molecule has 0 unspecified atom stereocenters. The summed E-state index contributed by atoms with van der Waals surface area (Å²) in [6, 6.07) is 8.13. The summed E-state index contributed by atoms with van der Waals surface area (Å²) >= 11 is 0. The zero-order valence-corrected chi connectivity index (χ0v) is 14.7. The van der Waals surface area contributed by atoms with E-state index in [0.29, 0.717) is 17.7 Å². The molecule has 2 rings (SSSR count). The maximum Gasteiger partial charge on any atom is 0.352 e. The summed E-state index contributed by atoms with van der Waals surface area (Å²) in [5, 5.41) is 2.55. The van der Waals surface area contributed by atoms with Crippen LogP contribution in [0.25, 0.3) is 5.69 Å². The van der Waals surface area contributed by atoms with Gasteiger partial charge in [0.2, 0.25) is 0 Å². The van der Waals surface area contributed by atoms with Crippen molar-refractivity contribution in [2.24, 2.45) is 0 Å². The summed E-state index contributed by atoms with van der Waals surface area (Å²) in [6.07, 6.45) is 0.884. The Morgan fingerprint density at radius 1 is 1.28 bits per heavy atom. The second kappa shape index (κ2) is 7.83. The maximum absolute atomic E-state index is 12.7. The lowest BCUT2D eigenvalue weighted by Gasteiger charge is -2.23. The van der Waals surface area contributed by atoms with Crippen LogP contribution < -0.4 is 11.4 Å². The lowest BCUT2D eigenvalue weighted by Crippen LogP contribution is -2.31. The summed E-state index contributed by atoms with van der Waals surface area (Å²) in [7, 11) is 0. The molecular weight excluding hydrogens is 322 g/mol. The summed E-state index contributed by atoms with van der Waals surface area (Å²) in [5.41, 5.74) is 0.00863. The number of carbonyl (C=O) groups is 1. The van der Waals surface area contributed by atoms with Crippen molar-refractivity contribution in [2.75, 3.05) is 0 Å². The number of benzene rings is 1. The van der Waals surface area contributed by atoms with Crippen molar-refractivity contribution < 1.29 is 9.53 Å². The van der Waals surface area contributed by atoms with Crippen LogP contribution in [-0.2, 0) is 9.53 Å². The van der Waals surface area contributed by atoms with Crippen molar-refractivity contribution in [1.29, 1.82) is 0 Å². The Hall–Kier alpha value is -2.83. The number of ether oxygens (including phenoxy) is 1. The molecule has 1 aromatic heterocycles. The molecule has 1 heterocycles. The van der Waals surface area contributed by atoms with E-state index in [-0.39, 0.29) is 0 Å². The summed E-state index contributed by atoms with van der Waals surface area (Å²) < 4.78 is 7.58. The molecule has 0 spiro atoms. The Kier molecular flexibility index (Phi) is 5.80. The van der Waals surface area contributed by atoms with Gasteiger partial charge < -0.3 is 4.74 Å². The van der Waals surface area contributed by atoms with Gasteiger partial charge in [-0.15, -0.1) is 0 Å². The number of aromatic amines is 1. The van der Waals surface area contributed by atoms with Gasteiger partial charge in [0.25, 0.3) is 0 Å². The number of hydrogen-bond acceptors (Lipinski definition) is 4. The Morgan fingerprint density at radius 3 is 2.48 bits per heavy atom. The molecule has 0 saturated heterocycles. The summed E-state index contributed by atoms with van der Waals surface area (Å²) in [5.74, 6) is -0.408. The molecule has 0 amide bonds. The molecule has 134 valence electrons. The molecule has 0 fully saturated rings. The fraction of sp³-hybridized carbons (Fsp3) is 0.389. The number of hydrogen-bond donors (Lipinski definition) is 1. The van der Waals surface area contributed by atoms with Gasteiger partial charge in [0.1, 0.15) is 6.10 Å². The van der Waals surface area contributed by atoms with Crippen molar-refractivity contribution in [1.82, 2.24) is 14.3 Å². The molecule has 7 nitrogen and oxygen atoms in total. The van der Waals surface area contributed by atoms with Crippen molar-refractivity contribution in [3.05, 3.63) is 63.5 Å². The van der Waals surface area contributed by atoms with Gasteiger partial charge >= 0.3 is 17.3 Å². The zero-order chi connectivity index (χ0) is 18.6. The largest absolute Gasteiger partial charge is 0.458 e. The molecule has 25 heavy (non-hydrogen) atoms. The molecule has 0 aliphatic carbocycles. The molecule has 7 heteroatoms. The van der Waals surface area contributed by atoms with Crippen molar-refractivity contribution in [2.45, 2.75) is 45.8 Å². The van der Waals surface area contributed by atoms with Crippen LogP contribution >= 0.6 is 0 Å². The van der Waals surface area contributed by atoms with Gasteiger partial charge in [-0.2, -0.15) is 0 Å². The van der Waals surface area contributed by atoms with E-state index < -0.39 is 29.5 Å². The Balaban J connectivity index is 2.38. The SMILES string of the molecule is C=C([C@H](CCC)OC(C)=O)[C@@H](C)n1[nH]c(=O)n(-c2ccccc2)c1=O. The first kappa shape index (κ1) is 18.5. The third-order valence-corrected chi connectivity index (χ3v) is 4.03. The third-order valence-electron chi connectivity index (χ3n) is 4.03. The van der Waals surface area contributed by atoms with Crippen molar-refractivity contribution in [3.63, 3.8) is 0 Å². The molecular formula is C18H23N3O4. The molecule has 0 radical (unpaired) electrons. The summed E-state index contributed by atoms with van der Waals surface area (Å²) in [4.78, 5) is 36.2. The van der Waals surface area contributed by atoms with Gasteiger partial charge in [-0.3, -0.25) is 4.79 Å². The third kappa shape index (κ3) is 3.99. The number of nitrogens with zero attached hydrogens (tertiary/aromatic N) is 2. The Labute approximate surface area is 145 Å². The highest BCUT2D eigenvalue weighted by Crippen LogP contribution is 2.22. The molecule has 1 N–H and O–H groups in total. The number of esters is 1. The minimum Gasteiger partial charge on any atom is -0.458 e. The second-order valence-corrected chi connectivity index (χ2v) is 5.88. The van der Waals surface area contributed by atoms with E-state index in [1.54, 1.807) is 37.3 Å². The molecule has 0 saturated carbocycles. The van der Waals surface area contributed by atoms with Gasteiger partial charge in [0.05, 0.1) is 11.7 Å². The Bertz CT molecular complexity index is 860. The fourth-order valence-corrected chi connectivity index (χ4v) is 2.68. The average Bonchev–Trinajstić information content (AvgIpc) is 2.88. The minimum absolute atomic E-state index is 0.408. The van der Waals surface area contributed by atoms with Crippen LogP contribution in [0, 0.1) is 0 Å². The van der Waals surface area contributed by atoms with E-state index >= 15 is 0 Å². The van der Waals surface area contributed by atoms with Crippen LogP contribution in [0.5, 0.6) is 0 Å². The lowest BCUT2D eigenvalue weighted by molar-refractivity contribution is -0.145. The van der Waals surface area contributed by atoms with Crippen LogP contribution in [0.3, 0.4) is 0 Å². The van der Waals surface area contributed by atoms with E-state index in [2.05, 4.69) is 11.7 Å². The number of para-hydroxylation sites is 1. The Morgan fingerprint density at radius 2 is 1.92 bits per heavy atom. The predicted molar refractivity (Wildman–Crippen MR) is 95.0 cm³/mol. The maximum atomic E-state index is 12.7. The first-order chi connectivity index (χ1) is 11.9. The number of H-pyrrole nitrogens is 1. The van der Waals surface area contributed by atoms with Crippen LogP contribution in [-0.4, -0.2) is 26.4 Å². The van der Waals surface area contributed by atoms with Crippen molar-refractivity contribution >= 4 is 5.97 Å². The minimum atomic E-state index is -0.532. The van der Waals surface area contributed by atoms with Gasteiger partial charge in [0, 0.05) is 6.92 Å². The molecule has 2 aromatic rings. The van der Waals surface area contributed by atoms with E-state index in [1.807, 2.05) is 6.92 Å². The van der Waals surface area contributed by atoms with Crippen LogP contribution in [0.4, 0.5) is 0 Å². The molecule has 0 aliphatic heterocycles. The van der Waals surface area contributed by atoms with Crippen LogP contribution in [0.2, 0.25) is 0 Å². The van der Waals surface area contributed by atoms with Gasteiger partial charge in [-0.25, -0.2) is 23.9 Å². The average molecular weight is 345 g/mol. The second-order valence-electron chi connectivity index (χ2n) is 5.88. The highest BCUT2D eigenvalue weighted by molar-refractivity contribution is 5.66. The van der Waals surface area contributed by atoms with Crippen LogP contribution in [0.15, 0.2) is 52.1 Å². The molecule has 0 bridgehead atoms. The molecule has 1 aromatic carbocycles. The number of aromatic nitrogens is 3. The highest BCUT2D eigenvalue weighted by Gasteiger charge is 2.24. The first-order valence-electron chi connectivity index (χ1n) is 8.21. The zero-order valence-electron chi connectivity index (χ0n) is 14.7. The predicted octanol–water partition coefficient (Wildman–Crippen LogP) is 2.18.